The van der Waals surface area contributed by atoms with Gasteiger partial charge in [-0.15, -0.1) is 0 Å². The molecule has 0 aromatic heterocycles. The molecule has 1 aliphatic rings. The van der Waals surface area contributed by atoms with Crippen LogP contribution in [0.2, 0.25) is 0 Å². The van der Waals surface area contributed by atoms with Gasteiger partial charge in [0.25, 0.3) is 0 Å². The zero-order chi connectivity index (χ0) is 19.9. The van der Waals surface area contributed by atoms with Crippen molar-refractivity contribution in [3.63, 3.8) is 0 Å². The van der Waals surface area contributed by atoms with Gasteiger partial charge in [-0.2, -0.15) is 0 Å². The first-order valence-corrected chi connectivity index (χ1v) is 9.93. The van der Waals surface area contributed by atoms with Gasteiger partial charge in [0.15, 0.2) is 11.5 Å². The second kappa shape index (κ2) is 9.80. The summed E-state index contributed by atoms with van der Waals surface area (Å²) in [5.41, 5.74) is 2.16. The van der Waals surface area contributed by atoms with E-state index in [0.717, 1.165) is 43.4 Å². The first kappa shape index (κ1) is 20.5. The van der Waals surface area contributed by atoms with E-state index >= 15 is 0 Å². The van der Waals surface area contributed by atoms with Crippen LogP contribution in [0, 0.1) is 0 Å². The van der Waals surface area contributed by atoms with Gasteiger partial charge >= 0.3 is 0 Å². The van der Waals surface area contributed by atoms with Crippen LogP contribution in [0.25, 0.3) is 0 Å². The monoisotopic (exact) mass is 385 g/mol. The fraction of sp³-hybridized carbons (Fsp3) is 0.478. The van der Waals surface area contributed by atoms with E-state index in [1.165, 1.54) is 5.56 Å². The molecular formula is C23H31NO4. The Kier molecular flexibility index (Phi) is 7.18. The van der Waals surface area contributed by atoms with E-state index in [-0.39, 0.29) is 6.04 Å². The minimum Gasteiger partial charge on any atom is -0.497 e. The van der Waals surface area contributed by atoms with Crippen molar-refractivity contribution in [1.82, 2.24) is 5.32 Å². The Morgan fingerprint density at radius 1 is 0.964 bits per heavy atom. The van der Waals surface area contributed by atoms with Crippen LogP contribution in [0.1, 0.15) is 42.9 Å². The molecule has 1 heterocycles. The van der Waals surface area contributed by atoms with Gasteiger partial charge in [-0.3, -0.25) is 0 Å². The summed E-state index contributed by atoms with van der Waals surface area (Å²) >= 11 is 0. The molecule has 0 radical (unpaired) electrons. The molecule has 152 valence electrons. The Balaban J connectivity index is 1.59. The number of nitrogens with one attached hydrogen (secondary N) is 1. The summed E-state index contributed by atoms with van der Waals surface area (Å²) in [7, 11) is 4.91. The normalized spacial score (nSPS) is 20.4. The number of aliphatic hydroxyl groups is 1. The van der Waals surface area contributed by atoms with E-state index in [0.29, 0.717) is 17.5 Å². The van der Waals surface area contributed by atoms with Crippen LogP contribution in [0.5, 0.6) is 17.2 Å². The van der Waals surface area contributed by atoms with Crippen LogP contribution in [0.3, 0.4) is 0 Å². The SMILES string of the molecule is COc1ccc(CCC2CCCC(C(O)c3ccc(OC)c(OC)c3)N2)cc1. The average molecular weight is 386 g/mol. The van der Waals surface area contributed by atoms with Crippen LogP contribution in [0.4, 0.5) is 0 Å². The fourth-order valence-electron chi connectivity index (χ4n) is 3.93. The van der Waals surface area contributed by atoms with Gasteiger partial charge in [0.1, 0.15) is 5.75 Å². The molecule has 0 spiro atoms. The Morgan fingerprint density at radius 3 is 2.39 bits per heavy atom. The molecule has 28 heavy (non-hydrogen) atoms. The fourth-order valence-corrected chi connectivity index (χ4v) is 3.93. The predicted octanol–water partition coefficient (Wildman–Crippen LogP) is 3.89. The van der Waals surface area contributed by atoms with E-state index in [9.17, 15) is 5.11 Å². The summed E-state index contributed by atoms with van der Waals surface area (Å²) in [6.45, 7) is 0. The third-order valence-corrected chi connectivity index (χ3v) is 5.59. The topological polar surface area (TPSA) is 60.0 Å². The summed E-state index contributed by atoms with van der Waals surface area (Å²) in [4.78, 5) is 0. The van der Waals surface area contributed by atoms with Gasteiger partial charge in [0, 0.05) is 12.1 Å². The third kappa shape index (κ3) is 4.97. The number of hydrogen-bond acceptors (Lipinski definition) is 5. The first-order chi connectivity index (χ1) is 13.6. The zero-order valence-corrected chi connectivity index (χ0v) is 17.0. The van der Waals surface area contributed by atoms with Gasteiger partial charge in [-0.1, -0.05) is 24.6 Å². The summed E-state index contributed by atoms with van der Waals surface area (Å²) in [6.07, 6.45) is 4.74. The summed E-state index contributed by atoms with van der Waals surface area (Å²) in [6, 6.07) is 14.3. The maximum Gasteiger partial charge on any atom is 0.161 e. The molecule has 0 saturated carbocycles. The third-order valence-electron chi connectivity index (χ3n) is 5.59. The molecule has 3 unspecified atom stereocenters. The highest BCUT2D eigenvalue weighted by atomic mass is 16.5. The average Bonchev–Trinajstić information content (AvgIpc) is 2.77. The highest BCUT2D eigenvalue weighted by Gasteiger charge is 2.28. The molecule has 2 aromatic rings. The van der Waals surface area contributed by atoms with E-state index in [2.05, 4.69) is 17.4 Å². The smallest absolute Gasteiger partial charge is 0.161 e. The minimum absolute atomic E-state index is 0.0488. The van der Waals surface area contributed by atoms with Gasteiger partial charge in [0.05, 0.1) is 27.4 Å². The number of hydrogen-bond donors (Lipinski definition) is 2. The molecule has 3 rings (SSSR count). The molecule has 1 fully saturated rings. The lowest BCUT2D eigenvalue weighted by atomic mass is 9.89. The quantitative estimate of drug-likeness (QED) is 0.722. The van der Waals surface area contributed by atoms with Crippen molar-refractivity contribution in [3.05, 3.63) is 53.6 Å². The van der Waals surface area contributed by atoms with Gasteiger partial charge in [0.2, 0.25) is 0 Å². The van der Waals surface area contributed by atoms with Crippen molar-refractivity contribution < 1.29 is 19.3 Å². The van der Waals surface area contributed by atoms with Crippen molar-refractivity contribution in [1.29, 1.82) is 0 Å². The Morgan fingerprint density at radius 2 is 1.71 bits per heavy atom. The molecule has 0 aliphatic carbocycles. The van der Waals surface area contributed by atoms with Crippen LogP contribution in [0.15, 0.2) is 42.5 Å². The highest BCUT2D eigenvalue weighted by Crippen LogP contribution is 2.33. The second-order valence-corrected chi connectivity index (χ2v) is 7.35. The number of ether oxygens (including phenoxy) is 3. The molecule has 5 nitrogen and oxygen atoms in total. The van der Waals surface area contributed by atoms with Crippen molar-refractivity contribution in [2.24, 2.45) is 0 Å². The Bertz CT molecular complexity index is 747. The number of aryl methyl sites for hydroxylation is 1. The number of rotatable bonds is 8. The van der Waals surface area contributed by atoms with Gasteiger partial charge < -0.3 is 24.6 Å². The molecule has 2 aromatic carbocycles. The van der Waals surface area contributed by atoms with Crippen LogP contribution in [-0.4, -0.2) is 38.5 Å². The van der Waals surface area contributed by atoms with Crippen molar-refractivity contribution in [2.45, 2.75) is 50.3 Å². The molecule has 2 N–H and O–H groups in total. The molecule has 3 atom stereocenters. The number of methoxy groups -OCH3 is 3. The lowest BCUT2D eigenvalue weighted by Gasteiger charge is -2.34. The first-order valence-electron chi connectivity index (χ1n) is 9.93. The zero-order valence-electron chi connectivity index (χ0n) is 17.0. The standard InChI is InChI=1S/C23H31NO4/c1-26-19-12-8-16(9-13-19)7-11-18-5-4-6-20(24-18)23(25)17-10-14-21(27-2)22(15-17)28-3/h8-10,12-15,18,20,23-25H,4-7,11H2,1-3H3. The van der Waals surface area contributed by atoms with E-state index in [1.807, 2.05) is 30.3 Å². The summed E-state index contributed by atoms with van der Waals surface area (Å²) in [5, 5.41) is 14.6. The maximum atomic E-state index is 10.9. The summed E-state index contributed by atoms with van der Waals surface area (Å²) in [5.74, 6) is 2.20. The molecule has 0 bridgehead atoms. The van der Waals surface area contributed by atoms with E-state index < -0.39 is 6.10 Å². The van der Waals surface area contributed by atoms with Crippen molar-refractivity contribution >= 4 is 0 Å². The lowest BCUT2D eigenvalue weighted by Crippen LogP contribution is -2.45. The molecule has 1 saturated heterocycles. The Labute approximate surface area is 167 Å². The van der Waals surface area contributed by atoms with Gasteiger partial charge in [-0.25, -0.2) is 0 Å². The Hall–Kier alpha value is -2.24. The highest BCUT2D eigenvalue weighted by molar-refractivity contribution is 5.43. The number of aliphatic hydroxyl groups excluding tert-OH is 1. The van der Waals surface area contributed by atoms with E-state index in [4.69, 9.17) is 14.2 Å². The number of benzene rings is 2. The number of piperidine rings is 1. The van der Waals surface area contributed by atoms with Crippen molar-refractivity contribution in [3.8, 4) is 17.2 Å². The van der Waals surface area contributed by atoms with Crippen LogP contribution < -0.4 is 19.5 Å². The van der Waals surface area contributed by atoms with Crippen LogP contribution in [-0.2, 0) is 6.42 Å². The molecule has 5 heteroatoms. The van der Waals surface area contributed by atoms with Gasteiger partial charge in [-0.05, 0) is 61.1 Å². The lowest BCUT2D eigenvalue weighted by molar-refractivity contribution is 0.0997. The summed E-state index contributed by atoms with van der Waals surface area (Å²) < 4.78 is 15.9. The second-order valence-electron chi connectivity index (χ2n) is 7.35. The minimum atomic E-state index is -0.566. The van der Waals surface area contributed by atoms with Crippen molar-refractivity contribution in [2.75, 3.05) is 21.3 Å². The predicted molar refractivity (Wildman–Crippen MR) is 110 cm³/mol. The largest absolute Gasteiger partial charge is 0.497 e. The maximum absolute atomic E-state index is 10.9. The molecular weight excluding hydrogens is 354 g/mol. The van der Waals surface area contributed by atoms with Crippen LogP contribution >= 0.6 is 0 Å². The van der Waals surface area contributed by atoms with E-state index in [1.54, 1.807) is 21.3 Å². The molecule has 0 amide bonds. The molecule has 1 aliphatic heterocycles.